The van der Waals surface area contributed by atoms with Crippen molar-refractivity contribution >= 4 is 5.71 Å². The Labute approximate surface area is 54.9 Å². The second kappa shape index (κ2) is 2.10. The van der Waals surface area contributed by atoms with Gasteiger partial charge in [0, 0.05) is 24.6 Å². The molecule has 1 saturated heterocycles. The molecule has 50 valence electrons. The van der Waals surface area contributed by atoms with Gasteiger partial charge in [0.25, 0.3) is 0 Å². The first-order valence-electron chi connectivity index (χ1n) is 3.58. The summed E-state index contributed by atoms with van der Waals surface area (Å²) in [6.45, 7) is 2.87. The van der Waals surface area contributed by atoms with Crippen LogP contribution in [0.3, 0.4) is 0 Å². The Morgan fingerprint density at radius 1 is 1.56 bits per heavy atom. The number of fused-ring (bicyclic) bond motifs is 1. The van der Waals surface area contributed by atoms with Crippen molar-refractivity contribution in [2.24, 2.45) is 10.9 Å². The van der Waals surface area contributed by atoms with Crippen LogP contribution in [-0.4, -0.2) is 25.5 Å². The molecular weight excluding hydrogens is 114 g/mol. The van der Waals surface area contributed by atoms with Crippen LogP contribution in [0.5, 0.6) is 0 Å². The zero-order chi connectivity index (χ0) is 6.10. The van der Waals surface area contributed by atoms with Crippen molar-refractivity contribution in [2.45, 2.75) is 12.8 Å². The summed E-state index contributed by atoms with van der Waals surface area (Å²) >= 11 is 0. The van der Waals surface area contributed by atoms with Crippen molar-refractivity contribution in [2.75, 3.05) is 19.8 Å². The van der Waals surface area contributed by atoms with Gasteiger partial charge in [-0.05, 0) is 6.42 Å². The Kier molecular flexibility index (Phi) is 1.27. The second-order valence-electron chi connectivity index (χ2n) is 2.68. The molecule has 2 nitrogen and oxygen atoms in total. The highest BCUT2D eigenvalue weighted by molar-refractivity contribution is 5.88. The fraction of sp³-hybridized carbons (Fsp3) is 0.857. The first kappa shape index (κ1) is 5.42. The Morgan fingerprint density at radius 2 is 2.56 bits per heavy atom. The van der Waals surface area contributed by atoms with E-state index >= 15 is 0 Å². The zero-order valence-corrected chi connectivity index (χ0v) is 5.47. The molecule has 0 aromatic heterocycles. The van der Waals surface area contributed by atoms with Crippen LogP contribution >= 0.6 is 0 Å². The van der Waals surface area contributed by atoms with Gasteiger partial charge in [-0.25, -0.2) is 0 Å². The molecule has 1 atom stereocenters. The Balaban J connectivity index is 2.09. The summed E-state index contributed by atoms with van der Waals surface area (Å²) < 4.78 is 5.30. The number of hydrogen-bond acceptors (Lipinski definition) is 2. The third-order valence-corrected chi connectivity index (χ3v) is 2.09. The standard InChI is InChI=1S/C7H11NO/c1-3-8-7-2-4-9-5-6(1)7/h6H,1-5H2. The smallest absolute Gasteiger partial charge is 0.0547 e. The van der Waals surface area contributed by atoms with E-state index in [1.807, 2.05) is 0 Å². The van der Waals surface area contributed by atoms with Gasteiger partial charge in [-0.2, -0.15) is 0 Å². The van der Waals surface area contributed by atoms with Crippen molar-refractivity contribution in [1.82, 2.24) is 0 Å². The summed E-state index contributed by atoms with van der Waals surface area (Å²) in [4.78, 5) is 4.39. The minimum absolute atomic E-state index is 0.693. The van der Waals surface area contributed by atoms with Crippen LogP contribution in [0.4, 0.5) is 0 Å². The maximum Gasteiger partial charge on any atom is 0.0547 e. The number of ether oxygens (including phenoxy) is 1. The lowest BCUT2D eigenvalue weighted by molar-refractivity contribution is 0.107. The van der Waals surface area contributed by atoms with Gasteiger partial charge in [-0.3, -0.25) is 4.99 Å². The minimum Gasteiger partial charge on any atom is -0.380 e. The largest absolute Gasteiger partial charge is 0.380 e. The highest BCUT2D eigenvalue weighted by Gasteiger charge is 2.23. The summed E-state index contributed by atoms with van der Waals surface area (Å²) in [5.74, 6) is 0.693. The Morgan fingerprint density at radius 3 is 3.44 bits per heavy atom. The number of rotatable bonds is 0. The molecule has 2 aliphatic heterocycles. The normalized spacial score (nSPS) is 33.8. The van der Waals surface area contributed by atoms with Crippen LogP contribution < -0.4 is 0 Å². The molecule has 0 N–H and O–H groups in total. The van der Waals surface area contributed by atoms with Gasteiger partial charge in [-0.15, -0.1) is 0 Å². The molecule has 0 radical (unpaired) electrons. The SMILES string of the molecule is C1CC2COCCC2=N1. The maximum absolute atomic E-state index is 5.30. The van der Waals surface area contributed by atoms with Crippen molar-refractivity contribution in [3.63, 3.8) is 0 Å². The minimum atomic E-state index is 0.693. The molecule has 0 aliphatic carbocycles. The van der Waals surface area contributed by atoms with Gasteiger partial charge < -0.3 is 4.74 Å². The summed E-state index contributed by atoms with van der Waals surface area (Å²) in [6, 6.07) is 0. The summed E-state index contributed by atoms with van der Waals surface area (Å²) in [5, 5.41) is 0. The maximum atomic E-state index is 5.30. The number of hydrogen-bond donors (Lipinski definition) is 0. The van der Waals surface area contributed by atoms with Crippen LogP contribution in [0.25, 0.3) is 0 Å². The van der Waals surface area contributed by atoms with Crippen LogP contribution in [-0.2, 0) is 4.74 Å². The molecule has 1 fully saturated rings. The molecule has 2 heterocycles. The van der Waals surface area contributed by atoms with Gasteiger partial charge in [0.2, 0.25) is 0 Å². The quantitative estimate of drug-likeness (QED) is 0.470. The molecule has 1 unspecified atom stereocenters. The van der Waals surface area contributed by atoms with E-state index in [0.717, 1.165) is 26.2 Å². The van der Waals surface area contributed by atoms with Gasteiger partial charge >= 0.3 is 0 Å². The van der Waals surface area contributed by atoms with Crippen molar-refractivity contribution in [3.05, 3.63) is 0 Å². The van der Waals surface area contributed by atoms with E-state index in [0.29, 0.717) is 5.92 Å². The van der Waals surface area contributed by atoms with Gasteiger partial charge in [0.15, 0.2) is 0 Å². The van der Waals surface area contributed by atoms with Crippen LogP contribution in [0.1, 0.15) is 12.8 Å². The Hall–Kier alpha value is -0.370. The van der Waals surface area contributed by atoms with E-state index in [1.54, 1.807) is 0 Å². The molecule has 0 aromatic carbocycles. The zero-order valence-electron chi connectivity index (χ0n) is 5.47. The van der Waals surface area contributed by atoms with Gasteiger partial charge in [-0.1, -0.05) is 0 Å². The molecular formula is C7H11NO. The van der Waals surface area contributed by atoms with E-state index in [2.05, 4.69) is 4.99 Å². The molecule has 0 saturated carbocycles. The highest BCUT2D eigenvalue weighted by Crippen LogP contribution is 2.20. The molecule has 9 heavy (non-hydrogen) atoms. The number of nitrogens with zero attached hydrogens (tertiary/aromatic N) is 1. The summed E-state index contributed by atoms with van der Waals surface area (Å²) in [5.41, 5.74) is 1.42. The fourth-order valence-electron chi connectivity index (χ4n) is 1.52. The fourth-order valence-corrected chi connectivity index (χ4v) is 1.52. The van der Waals surface area contributed by atoms with Gasteiger partial charge in [0.05, 0.1) is 13.2 Å². The van der Waals surface area contributed by atoms with E-state index in [4.69, 9.17) is 4.74 Å². The first-order valence-corrected chi connectivity index (χ1v) is 3.58. The third kappa shape index (κ3) is 0.874. The van der Waals surface area contributed by atoms with E-state index in [-0.39, 0.29) is 0 Å². The molecule has 0 bridgehead atoms. The van der Waals surface area contributed by atoms with E-state index in [9.17, 15) is 0 Å². The lowest BCUT2D eigenvalue weighted by Gasteiger charge is -2.18. The highest BCUT2D eigenvalue weighted by atomic mass is 16.5. The monoisotopic (exact) mass is 125 g/mol. The van der Waals surface area contributed by atoms with Gasteiger partial charge in [0.1, 0.15) is 0 Å². The average molecular weight is 125 g/mol. The van der Waals surface area contributed by atoms with Crippen LogP contribution in [0.15, 0.2) is 4.99 Å². The number of aliphatic imine (C=N–C) groups is 1. The Bertz CT molecular complexity index is 142. The predicted molar refractivity (Wildman–Crippen MR) is 35.8 cm³/mol. The first-order chi connectivity index (χ1) is 4.47. The summed E-state index contributed by atoms with van der Waals surface area (Å²) in [6.07, 6.45) is 2.32. The molecule has 2 heteroatoms. The lowest BCUT2D eigenvalue weighted by atomic mass is 9.99. The summed E-state index contributed by atoms with van der Waals surface area (Å²) in [7, 11) is 0. The third-order valence-electron chi connectivity index (χ3n) is 2.09. The van der Waals surface area contributed by atoms with Crippen LogP contribution in [0.2, 0.25) is 0 Å². The van der Waals surface area contributed by atoms with Crippen molar-refractivity contribution < 1.29 is 4.74 Å². The van der Waals surface area contributed by atoms with Crippen molar-refractivity contribution in [3.8, 4) is 0 Å². The molecule has 0 amide bonds. The second-order valence-corrected chi connectivity index (χ2v) is 2.68. The molecule has 2 aliphatic rings. The lowest BCUT2D eigenvalue weighted by Crippen LogP contribution is -2.24. The predicted octanol–water partition coefficient (Wildman–Crippen LogP) is 0.868. The molecule has 2 rings (SSSR count). The van der Waals surface area contributed by atoms with Crippen LogP contribution in [0, 0.1) is 5.92 Å². The van der Waals surface area contributed by atoms with E-state index < -0.39 is 0 Å². The molecule has 0 spiro atoms. The topological polar surface area (TPSA) is 21.6 Å². The molecule has 0 aromatic rings. The van der Waals surface area contributed by atoms with E-state index in [1.165, 1.54) is 12.1 Å². The average Bonchev–Trinajstić information content (AvgIpc) is 2.33. The van der Waals surface area contributed by atoms with Crippen molar-refractivity contribution in [1.29, 1.82) is 0 Å².